The molecule has 3 nitrogen and oxygen atoms in total. The lowest BCUT2D eigenvalue weighted by Crippen LogP contribution is -2.27. The maximum absolute atomic E-state index is 12.5. The molecule has 0 fully saturated rings. The molecule has 0 aromatic heterocycles. The van der Waals surface area contributed by atoms with Crippen molar-refractivity contribution in [3.63, 3.8) is 0 Å². The second-order valence-corrected chi connectivity index (χ2v) is 7.89. The Morgan fingerprint density at radius 2 is 1.95 bits per heavy atom. The summed E-state index contributed by atoms with van der Waals surface area (Å²) in [7, 11) is -3.50. The molecule has 1 atom stereocenters. The third-order valence-electron chi connectivity index (χ3n) is 3.87. The third kappa shape index (κ3) is 2.91. The topological polar surface area (TPSA) is 46.2 Å². The summed E-state index contributed by atoms with van der Waals surface area (Å²) < 4.78 is 28.8. The molecule has 0 saturated heterocycles. The van der Waals surface area contributed by atoms with E-state index >= 15 is 0 Å². The normalized spacial score (nSPS) is 17.7. The minimum atomic E-state index is -3.50. The second kappa shape index (κ2) is 5.55. The average molecular weight is 366 g/mol. The number of halogens is 1. The Balaban J connectivity index is 1.89. The lowest BCUT2D eigenvalue weighted by Gasteiger charge is -2.15. The van der Waals surface area contributed by atoms with E-state index in [0.717, 1.165) is 28.4 Å². The van der Waals surface area contributed by atoms with Crippen LogP contribution in [-0.4, -0.2) is 8.42 Å². The van der Waals surface area contributed by atoms with Gasteiger partial charge in [-0.3, -0.25) is 0 Å². The predicted octanol–water partition coefficient (Wildman–Crippen LogP) is 3.72. The molecule has 5 heteroatoms. The van der Waals surface area contributed by atoms with Crippen molar-refractivity contribution in [2.45, 2.75) is 30.7 Å². The molecule has 2 aromatic carbocycles. The monoisotopic (exact) mass is 365 g/mol. The fourth-order valence-corrected chi connectivity index (χ4v) is 4.30. The molecular formula is C16H16BrNO2S. The molecule has 3 rings (SSSR count). The molecule has 1 aliphatic carbocycles. The first-order valence-electron chi connectivity index (χ1n) is 6.84. The van der Waals surface area contributed by atoms with Gasteiger partial charge in [0.25, 0.3) is 0 Å². The van der Waals surface area contributed by atoms with E-state index in [0.29, 0.717) is 4.90 Å². The second-order valence-electron chi connectivity index (χ2n) is 5.32. The first kappa shape index (κ1) is 14.8. The zero-order valence-electron chi connectivity index (χ0n) is 11.6. The summed E-state index contributed by atoms with van der Waals surface area (Å²) in [5.41, 5.74) is 3.23. The van der Waals surface area contributed by atoms with Crippen LogP contribution in [0.1, 0.15) is 29.2 Å². The minimum absolute atomic E-state index is 0.129. The lowest BCUT2D eigenvalue weighted by molar-refractivity contribution is 0.554. The highest BCUT2D eigenvalue weighted by atomic mass is 79.9. The number of rotatable bonds is 3. The highest BCUT2D eigenvalue weighted by Crippen LogP contribution is 2.32. The maximum atomic E-state index is 12.5. The largest absolute Gasteiger partial charge is 0.241 e. The van der Waals surface area contributed by atoms with E-state index in [2.05, 4.69) is 26.7 Å². The molecule has 1 N–H and O–H groups in total. The number of aryl methyl sites for hydroxylation is 2. The van der Waals surface area contributed by atoms with E-state index in [1.54, 1.807) is 18.2 Å². The fraction of sp³-hybridized carbons (Fsp3) is 0.250. The summed E-state index contributed by atoms with van der Waals surface area (Å²) in [6.07, 6.45) is 1.73. The molecule has 0 bridgehead atoms. The van der Waals surface area contributed by atoms with Gasteiger partial charge in [0, 0.05) is 10.5 Å². The first-order valence-corrected chi connectivity index (χ1v) is 9.11. The van der Waals surface area contributed by atoms with Crippen molar-refractivity contribution >= 4 is 26.0 Å². The Hall–Kier alpha value is -1.17. The predicted molar refractivity (Wildman–Crippen MR) is 86.7 cm³/mol. The molecule has 0 spiro atoms. The highest BCUT2D eigenvalue weighted by molar-refractivity contribution is 9.10. The summed E-state index contributed by atoms with van der Waals surface area (Å²) in [6, 6.07) is 13.0. The van der Waals surface area contributed by atoms with Crippen molar-refractivity contribution in [2.24, 2.45) is 0 Å². The molecule has 0 radical (unpaired) electrons. The number of hydrogen-bond acceptors (Lipinski definition) is 2. The van der Waals surface area contributed by atoms with Crippen LogP contribution in [0.2, 0.25) is 0 Å². The molecule has 21 heavy (non-hydrogen) atoms. The quantitative estimate of drug-likeness (QED) is 0.900. The van der Waals surface area contributed by atoms with E-state index in [9.17, 15) is 8.42 Å². The number of hydrogen-bond donors (Lipinski definition) is 1. The van der Waals surface area contributed by atoms with Crippen molar-refractivity contribution in [3.05, 3.63) is 63.6 Å². The van der Waals surface area contributed by atoms with Crippen molar-refractivity contribution in [3.8, 4) is 0 Å². The molecule has 0 aliphatic heterocycles. The van der Waals surface area contributed by atoms with Crippen molar-refractivity contribution in [1.29, 1.82) is 0 Å². The van der Waals surface area contributed by atoms with E-state index in [-0.39, 0.29) is 6.04 Å². The Morgan fingerprint density at radius 1 is 1.19 bits per heavy atom. The van der Waals surface area contributed by atoms with Crippen LogP contribution in [-0.2, 0) is 16.4 Å². The zero-order valence-corrected chi connectivity index (χ0v) is 14.0. The van der Waals surface area contributed by atoms with Gasteiger partial charge in [-0.1, -0.05) is 40.2 Å². The summed E-state index contributed by atoms with van der Waals surface area (Å²) in [5.74, 6) is 0. The van der Waals surface area contributed by atoms with Gasteiger partial charge in [0.05, 0.1) is 4.90 Å². The van der Waals surface area contributed by atoms with Crippen LogP contribution in [0, 0.1) is 6.92 Å². The SMILES string of the molecule is Cc1cc(S(=O)(=O)N[C@@H]2CCc3ccccc32)ccc1Br. The Bertz CT molecular complexity index is 787. The Labute approximate surface area is 133 Å². The maximum Gasteiger partial charge on any atom is 0.241 e. The first-order chi connectivity index (χ1) is 9.97. The standard InChI is InChI=1S/C16H16BrNO2S/c1-11-10-13(7-8-15(11)17)21(19,20)18-16-9-6-12-4-2-3-5-14(12)16/h2-5,7-8,10,16,18H,6,9H2,1H3/t16-/m1/s1. The van der Waals surface area contributed by atoms with Crippen molar-refractivity contribution in [2.75, 3.05) is 0 Å². The lowest BCUT2D eigenvalue weighted by atomic mass is 10.1. The summed E-state index contributed by atoms with van der Waals surface area (Å²) in [5, 5.41) is 0. The molecule has 1 aliphatic rings. The average Bonchev–Trinajstić information content (AvgIpc) is 2.85. The molecule has 0 amide bonds. The van der Waals surface area contributed by atoms with Gasteiger partial charge in [-0.15, -0.1) is 0 Å². The van der Waals surface area contributed by atoms with Gasteiger partial charge in [0.15, 0.2) is 0 Å². The highest BCUT2D eigenvalue weighted by Gasteiger charge is 2.27. The van der Waals surface area contributed by atoms with E-state index in [4.69, 9.17) is 0 Å². The van der Waals surface area contributed by atoms with Crippen molar-refractivity contribution < 1.29 is 8.42 Å². The van der Waals surface area contributed by atoms with Gasteiger partial charge in [-0.05, 0) is 54.7 Å². The third-order valence-corrected chi connectivity index (χ3v) is 6.23. The van der Waals surface area contributed by atoms with Crippen LogP contribution < -0.4 is 4.72 Å². The summed E-state index contributed by atoms with van der Waals surface area (Å²) >= 11 is 3.39. The van der Waals surface area contributed by atoms with Crippen LogP contribution in [0.4, 0.5) is 0 Å². The Kier molecular flexibility index (Phi) is 3.90. The molecule has 0 unspecified atom stereocenters. The molecular weight excluding hydrogens is 350 g/mol. The van der Waals surface area contributed by atoms with Gasteiger partial charge >= 0.3 is 0 Å². The van der Waals surface area contributed by atoms with Crippen LogP contribution in [0.5, 0.6) is 0 Å². The molecule has 2 aromatic rings. The fourth-order valence-electron chi connectivity index (χ4n) is 2.72. The van der Waals surface area contributed by atoms with Gasteiger partial charge in [-0.25, -0.2) is 13.1 Å². The van der Waals surface area contributed by atoms with E-state index in [1.165, 1.54) is 5.56 Å². The van der Waals surface area contributed by atoms with Gasteiger partial charge in [0.2, 0.25) is 10.0 Å². The number of benzene rings is 2. The zero-order chi connectivity index (χ0) is 15.0. The van der Waals surface area contributed by atoms with E-state index < -0.39 is 10.0 Å². The van der Waals surface area contributed by atoms with Crippen LogP contribution in [0.3, 0.4) is 0 Å². The van der Waals surface area contributed by atoms with Crippen molar-refractivity contribution in [1.82, 2.24) is 4.72 Å². The number of sulfonamides is 1. The van der Waals surface area contributed by atoms with Gasteiger partial charge < -0.3 is 0 Å². The number of nitrogens with one attached hydrogen (secondary N) is 1. The molecule has 110 valence electrons. The number of fused-ring (bicyclic) bond motifs is 1. The Morgan fingerprint density at radius 3 is 2.71 bits per heavy atom. The minimum Gasteiger partial charge on any atom is -0.207 e. The van der Waals surface area contributed by atoms with Crippen LogP contribution in [0.15, 0.2) is 51.8 Å². The molecule has 0 heterocycles. The van der Waals surface area contributed by atoms with Crippen LogP contribution in [0.25, 0.3) is 0 Å². The van der Waals surface area contributed by atoms with Gasteiger partial charge in [0.1, 0.15) is 0 Å². The smallest absolute Gasteiger partial charge is 0.207 e. The summed E-state index contributed by atoms with van der Waals surface area (Å²) in [6.45, 7) is 1.88. The summed E-state index contributed by atoms with van der Waals surface area (Å²) in [4.78, 5) is 0.313. The molecule has 0 saturated carbocycles. The van der Waals surface area contributed by atoms with E-state index in [1.807, 2.05) is 25.1 Å². The van der Waals surface area contributed by atoms with Gasteiger partial charge in [-0.2, -0.15) is 0 Å². The van der Waals surface area contributed by atoms with Crippen LogP contribution >= 0.6 is 15.9 Å².